The van der Waals surface area contributed by atoms with Crippen LogP contribution in [0.3, 0.4) is 0 Å². The first-order valence-corrected chi connectivity index (χ1v) is 5.51. The Labute approximate surface area is 89.4 Å². The fourth-order valence-electron chi connectivity index (χ4n) is 2.33. The molecule has 1 unspecified atom stereocenters. The number of ether oxygens (including phenoxy) is 1. The lowest BCUT2D eigenvalue weighted by Gasteiger charge is -2.34. The first kappa shape index (κ1) is 10.9. The molecule has 2 N–H and O–H groups in total. The number of carboxylic acids is 1. The van der Waals surface area contributed by atoms with Crippen molar-refractivity contribution in [3.05, 3.63) is 0 Å². The highest BCUT2D eigenvalue weighted by atomic mass is 16.5. The van der Waals surface area contributed by atoms with Crippen LogP contribution in [0.4, 0.5) is 0 Å². The van der Waals surface area contributed by atoms with Crippen LogP contribution in [0.5, 0.6) is 0 Å². The van der Waals surface area contributed by atoms with Crippen LogP contribution in [-0.4, -0.2) is 60.9 Å². The van der Waals surface area contributed by atoms with Gasteiger partial charge in [0.05, 0.1) is 13.2 Å². The van der Waals surface area contributed by atoms with E-state index >= 15 is 0 Å². The van der Waals surface area contributed by atoms with E-state index in [1.165, 1.54) is 0 Å². The second-order valence-electron chi connectivity index (χ2n) is 4.31. The highest BCUT2D eigenvalue weighted by molar-refractivity contribution is 5.79. The van der Waals surface area contributed by atoms with E-state index in [4.69, 9.17) is 4.74 Å². The van der Waals surface area contributed by atoms with E-state index in [0.717, 1.165) is 45.7 Å². The molecule has 2 aliphatic rings. The zero-order chi connectivity index (χ0) is 10.7. The van der Waals surface area contributed by atoms with Gasteiger partial charge in [-0.2, -0.15) is 0 Å². The molecule has 5 nitrogen and oxygen atoms in total. The lowest BCUT2D eigenvalue weighted by Crippen LogP contribution is -2.57. The smallest absolute Gasteiger partial charge is 0.325 e. The summed E-state index contributed by atoms with van der Waals surface area (Å²) in [5.74, 6) is -0.716. The first-order valence-electron chi connectivity index (χ1n) is 5.51. The van der Waals surface area contributed by atoms with Crippen LogP contribution in [0.2, 0.25) is 0 Å². The number of hydrogen-bond donors (Lipinski definition) is 2. The van der Waals surface area contributed by atoms with Crippen LogP contribution in [-0.2, 0) is 9.53 Å². The monoisotopic (exact) mass is 214 g/mol. The average Bonchev–Trinajstić information content (AvgIpc) is 2.69. The normalized spacial score (nSPS) is 33.1. The molecule has 0 bridgehead atoms. The summed E-state index contributed by atoms with van der Waals surface area (Å²) in [5.41, 5.74) is -0.711. The molecule has 0 aromatic heterocycles. The van der Waals surface area contributed by atoms with Gasteiger partial charge < -0.3 is 15.2 Å². The molecule has 86 valence electrons. The molecule has 2 fully saturated rings. The second kappa shape index (κ2) is 4.47. The molecule has 2 rings (SSSR count). The van der Waals surface area contributed by atoms with Gasteiger partial charge in [-0.3, -0.25) is 9.69 Å². The van der Waals surface area contributed by atoms with Gasteiger partial charge in [0.2, 0.25) is 0 Å². The van der Waals surface area contributed by atoms with E-state index in [0.29, 0.717) is 6.54 Å². The third-order valence-electron chi connectivity index (χ3n) is 3.25. The number of carboxylic acid groups (broad SMARTS) is 1. The Morgan fingerprint density at radius 1 is 1.47 bits per heavy atom. The maximum Gasteiger partial charge on any atom is 0.325 e. The standard InChI is InChI=1S/C10H18N2O3/c13-9(14)10(2-1-3-11-10)8-12-4-6-15-7-5-12/h11H,1-8H2,(H,13,14). The van der Waals surface area contributed by atoms with Gasteiger partial charge in [0.15, 0.2) is 0 Å². The number of aliphatic carboxylic acids is 1. The highest BCUT2D eigenvalue weighted by Crippen LogP contribution is 2.21. The highest BCUT2D eigenvalue weighted by Gasteiger charge is 2.42. The Bertz CT molecular complexity index is 233. The fraction of sp³-hybridized carbons (Fsp3) is 0.900. The number of nitrogens with zero attached hydrogens (tertiary/aromatic N) is 1. The van der Waals surface area contributed by atoms with Crippen molar-refractivity contribution in [1.82, 2.24) is 10.2 Å². The molecule has 0 spiro atoms. The summed E-state index contributed by atoms with van der Waals surface area (Å²) in [6.07, 6.45) is 1.69. The maximum atomic E-state index is 11.3. The summed E-state index contributed by atoms with van der Waals surface area (Å²) >= 11 is 0. The van der Waals surface area contributed by atoms with Crippen LogP contribution < -0.4 is 5.32 Å². The van der Waals surface area contributed by atoms with Gasteiger partial charge in [0, 0.05) is 19.6 Å². The van der Waals surface area contributed by atoms with Gasteiger partial charge in [0.1, 0.15) is 5.54 Å². The van der Waals surface area contributed by atoms with Crippen molar-refractivity contribution in [2.75, 3.05) is 39.4 Å². The molecular weight excluding hydrogens is 196 g/mol. The van der Waals surface area contributed by atoms with Gasteiger partial charge in [-0.15, -0.1) is 0 Å². The van der Waals surface area contributed by atoms with Crippen LogP contribution >= 0.6 is 0 Å². The van der Waals surface area contributed by atoms with Crippen molar-refractivity contribution < 1.29 is 14.6 Å². The Morgan fingerprint density at radius 3 is 2.73 bits per heavy atom. The Kier molecular flexibility index (Phi) is 3.23. The fourth-order valence-corrected chi connectivity index (χ4v) is 2.33. The molecule has 1 atom stereocenters. The largest absolute Gasteiger partial charge is 0.480 e. The van der Waals surface area contributed by atoms with Gasteiger partial charge in [-0.25, -0.2) is 0 Å². The Morgan fingerprint density at radius 2 is 2.20 bits per heavy atom. The minimum Gasteiger partial charge on any atom is -0.480 e. The molecule has 0 radical (unpaired) electrons. The van der Waals surface area contributed by atoms with E-state index in [2.05, 4.69) is 10.2 Å². The van der Waals surface area contributed by atoms with Crippen molar-refractivity contribution in [2.24, 2.45) is 0 Å². The quantitative estimate of drug-likeness (QED) is 0.665. The predicted octanol–water partition coefficient (Wildman–Crippen LogP) is -0.475. The van der Waals surface area contributed by atoms with Crippen molar-refractivity contribution in [3.8, 4) is 0 Å². The molecule has 0 aromatic carbocycles. The molecule has 15 heavy (non-hydrogen) atoms. The lowest BCUT2D eigenvalue weighted by molar-refractivity contribution is -0.145. The van der Waals surface area contributed by atoms with E-state index in [9.17, 15) is 9.90 Å². The van der Waals surface area contributed by atoms with Crippen LogP contribution in [0.15, 0.2) is 0 Å². The van der Waals surface area contributed by atoms with Crippen LogP contribution in [0.1, 0.15) is 12.8 Å². The molecule has 2 saturated heterocycles. The van der Waals surface area contributed by atoms with Crippen LogP contribution in [0.25, 0.3) is 0 Å². The van der Waals surface area contributed by atoms with Gasteiger partial charge >= 0.3 is 5.97 Å². The number of carbonyl (C=O) groups is 1. The summed E-state index contributed by atoms with van der Waals surface area (Å²) < 4.78 is 5.25. The van der Waals surface area contributed by atoms with E-state index in [-0.39, 0.29) is 0 Å². The number of morpholine rings is 1. The summed E-state index contributed by atoms with van der Waals surface area (Å²) in [6.45, 7) is 4.54. The summed E-state index contributed by atoms with van der Waals surface area (Å²) in [7, 11) is 0. The molecule has 0 amide bonds. The number of nitrogens with one attached hydrogen (secondary N) is 1. The van der Waals surface area contributed by atoms with Crippen molar-refractivity contribution in [1.29, 1.82) is 0 Å². The van der Waals surface area contributed by atoms with Crippen molar-refractivity contribution in [3.63, 3.8) is 0 Å². The van der Waals surface area contributed by atoms with E-state index in [1.54, 1.807) is 0 Å². The van der Waals surface area contributed by atoms with Crippen molar-refractivity contribution in [2.45, 2.75) is 18.4 Å². The maximum absolute atomic E-state index is 11.3. The molecule has 2 aliphatic heterocycles. The minimum absolute atomic E-state index is 0.603. The third-order valence-corrected chi connectivity index (χ3v) is 3.25. The Balaban J connectivity index is 1.96. The average molecular weight is 214 g/mol. The second-order valence-corrected chi connectivity index (χ2v) is 4.31. The third kappa shape index (κ3) is 2.30. The van der Waals surface area contributed by atoms with E-state index < -0.39 is 11.5 Å². The molecule has 0 saturated carbocycles. The van der Waals surface area contributed by atoms with Gasteiger partial charge in [-0.05, 0) is 19.4 Å². The summed E-state index contributed by atoms with van der Waals surface area (Å²) in [5, 5.41) is 12.4. The molecule has 5 heteroatoms. The zero-order valence-electron chi connectivity index (χ0n) is 8.87. The summed E-state index contributed by atoms with van der Waals surface area (Å²) in [6, 6.07) is 0. The van der Waals surface area contributed by atoms with Crippen LogP contribution in [0, 0.1) is 0 Å². The van der Waals surface area contributed by atoms with Crippen molar-refractivity contribution >= 4 is 5.97 Å². The topological polar surface area (TPSA) is 61.8 Å². The molecule has 2 heterocycles. The zero-order valence-corrected chi connectivity index (χ0v) is 8.87. The predicted molar refractivity (Wildman–Crippen MR) is 54.9 cm³/mol. The summed E-state index contributed by atoms with van der Waals surface area (Å²) in [4.78, 5) is 13.5. The number of hydrogen-bond acceptors (Lipinski definition) is 4. The Hall–Kier alpha value is -0.650. The molecular formula is C10H18N2O3. The van der Waals surface area contributed by atoms with Gasteiger partial charge in [-0.1, -0.05) is 0 Å². The first-order chi connectivity index (χ1) is 7.23. The molecule has 0 aliphatic carbocycles. The molecule has 0 aromatic rings. The minimum atomic E-state index is -0.716. The number of rotatable bonds is 3. The van der Waals surface area contributed by atoms with Gasteiger partial charge in [0.25, 0.3) is 0 Å². The van der Waals surface area contributed by atoms with E-state index in [1.807, 2.05) is 0 Å². The lowest BCUT2D eigenvalue weighted by atomic mass is 9.97. The SMILES string of the molecule is O=C(O)C1(CN2CCOCC2)CCCN1.